The van der Waals surface area contributed by atoms with Crippen LogP contribution in [-0.2, 0) is 5.54 Å². The molecule has 1 aliphatic heterocycles. The van der Waals surface area contributed by atoms with Gasteiger partial charge in [0.25, 0.3) is 0 Å². The molecule has 1 atom stereocenters. The van der Waals surface area contributed by atoms with Gasteiger partial charge in [-0.3, -0.25) is 5.32 Å². The van der Waals surface area contributed by atoms with Gasteiger partial charge in [0.1, 0.15) is 11.8 Å². The molecule has 0 radical (unpaired) electrons. The van der Waals surface area contributed by atoms with Crippen LogP contribution >= 0.6 is 0 Å². The van der Waals surface area contributed by atoms with E-state index in [0.717, 1.165) is 25.7 Å². The van der Waals surface area contributed by atoms with Gasteiger partial charge < -0.3 is 20.1 Å². The summed E-state index contributed by atoms with van der Waals surface area (Å²) in [6.07, 6.45) is 4.42. The van der Waals surface area contributed by atoms with E-state index in [9.17, 15) is 5.11 Å². The third kappa shape index (κ3) is 3.42. The third-order valence-corrected chi connectivity index (χ3v) is 6.41. The molecule has 2 fully saturated rings. The van der Waals surface area contributed by atoms with Crippen LogP contribution in [-0.4, -0.2) is 47.7 Å². The largest absolute Gasteiger partial charge is 0.479 e. The Labute approximate surface area is 170 Å². The first-order chi connectivity index (χ1) is 14.0. The van der Waals surface area contributed by atoms with E-state index in [1.807, 2.05) is 24.1 Å². The van der Waals surface area contributed by atoms with Crippen molar-refractivity contribution in [3.05, 3.63) is 47.9 Å². The fourth-order valence-electron chi connectivity index (χ4n) is 4.69. The first kappa shape index (κ1) is 19.6. The summed E-state index contributed by atoms with van der Waals surface area (Å²) in [4.78, 5) is 9.98. The predicted octanol–water partition coefficient (Wildman–Crippen LogP) is 1.47. The highest BCUT2D eigenvalue weighted by molar-refractivity contribution is 5.56. The minimum atomic E-state index is -0.862. The molecule has 1 aromatic heterocycles. The highest BCUT2D eigenvalue weighted by atomic mass is 16.5. The fraction of sp³-hybridized carbons (Fsp3) is 0.476. The van der Waals surface area contributed by atoms with E-state index in [1.165, 1.54) is 12.7 Å². The third-order valence-electron chi connectivity index (χ3n) is 6.41. The van der Waals surface area contributed by atoms with Gasteiger partial charge in [-0.15, -0.1) is 0 Å². The minimum Gasteiger partial charge on any atom is -0.479 e. The zero-order valence-electron chi connectivity index (χ0n) is 16.7. The van der Waals surface area contributed by atoms with Crippen molar-refractivity contribution in [2.45, 2.75) is 43.1 Å². The lowest BCUT2D eigenvalue weighted by Crippen LogP contribution is -2.54. The van der Waals surface area contributed by atoms with Crippen molar-refractivity contribution in [3.63, 3.8) is 0 Å². The molecule has 4 rings (SSSR count). The predicted molar refractivity (Wildman–Crippen MR) is 108 cm³/mol. The number of nitrogens with one attached hydrogen (secondary N) is 2. The second kappa shape index (κ2) is 7.59. The molecule has 1 aliphatic carbocycles. The Bertz CT molecular complexity index is 905. The quantitative estimate of drug-likeness (QED) is 0.716. The number of nitrogens with zero attached hydrogens (tertiary/aromatic N) is 4. The molecule has 0 amide bonds. The smallest absolute Gasteiger partial charge is 0.241 e. The molecule has 1 saturated heterocycles. The lowest BCUT2D eigenvalue weighted by atomic mass is 9.69. The molecule has 0 bridgehead atoms. The lowest BCUT2D eigenvalue weighted by Gasteiger charge is -2.45. The molecule has 8 nitrogen and oxygen atoms in total. The highest BCUT2D eigenvalue weighted by Crippen LogP contribution is 2.44. The average Bonchev–Trinajstić information content (AvgIpc) is 3.10. The zero-order valence-corrected chi connectivity index (χ0v) is 16.7. The van der Waals surface area contributed by atoms with Crippen molar-refractivity contribution in [3.8, 4) is 11.9 Å². The second-order valence-corrected chi connectivity index (χ2v) is 7.82. The number of hydrogen-bond donors (Lipinski definition) is 3. The van der Waals surface area contributed by atoms with Crippen LogP contribution in [0.4, 0.5) is 5.69 Å². The van der Waals surface area contributed by atoms with Gasteiger partial charge in [0.2, 0.25) is 11.7 Å². The summed E-state index contributed by atoms with van der Waals surface area (Å²) in [5.41, 5.74) is 1.63. The molecule has 1 aromatic carbocycles. The van der Waals surface area contributed by atoms with Crippen molar-refractivity contribution in [2.24, 2.45) is 0 Å². The van der Waals surface area contributed by atoms with Gasteiger partial charge in [-0.2, -0.15) is 10.2 Å². The molecule has 3 N–H and O–H groups in total. The van der Waals surface area contributed by atoms with E-state index in [0.29, 0.717) is 18.1 Å². The summed E-state index contributed by atoms with van der Waals surface area (Å²) >= 11 is 0. The standard InChI is InChI=1S/C21H26N6O2/c1-23-21(15-6-4-3-5-7-15)10-8-20(9-11-21)14-27(19(28)26-20)16-13-24-17(12-22)25-18(16)29-2/h3-7,13,19,23,26,28H,8-11,14H2,1-2H3/t19?,20-,21+. The molecule has 2 heterocycles. The van der Waals surface area contributed by atoms with E-state index in [4.69, 9.17) is 10.00 Å². The van der Waals surface area contributed by atoms with Gasteiger partial charge >= 0.3 is 0 Å². The van der Waals surface area contributed by atoms with E-state index < -0.39 is 6.35 Å². The number of methoxy groups -OCH3 is 1. The first-order valence-electron chi connectivity index (χ1n) is 9.83. The van der Waals surface area contributed by atoms with Crippen LogP contribution in [0.2, 0.25) is 0 Å². The molecule has 1 spiro atoms. The molecule has 29 heavy (non-hydrogen) atoms. The maximum absolute atomic E-state index is 10.7. The van der Waals surface area contributed by atoms with Crippen LogP contribution in [0, 0.1) is 11.3 Å². The zero-order chi connectivity index (χ0) is 20.5. The van der Waals surface area contributed by atoms with Crippen molar-refractivity contribution in [2.75, 3.05) is 25.6 Å². The van der Waals surface area contributed by atoms with Crippen LogP contribution in [0.25, 0.3) is 0 Å². The fourth-order valence-corrected chi connectivity index (χ4v) is 4.69. The molecule has 1 unspecified atom stereocenters. The Kier molecular flexibility index (Phi) is 5.13. The van der Waals surface area contributed by atoms with Gasteiger partial charge in [0, 0.05) is 17.6 Å². The molecular formula is C21H26N6O2. The number of nitriles is 1. The van der Waals surface area contributed by atoms with Gasteiger partial charge in [0.15, 0.2) is 6.35 Å². The second-order valence-electron chi connectivity index (χ2n) is 7.82. The van der Waals surface area contributed by atoms with Crippen molar-refractivity contribution >= 4 is 5.69 Å². The number of benzene rings is 1. The number of rotatable bonds is 4. The maximum Gasteiger partial charge on any atom is 0.241 e. The monoisotopic (exact) mass is 394 g/mol. The Morgan fingerprint density at radius 2 is 2.00 bits per heavy atom. The summed E-state index contributed by atoms with van der Waals surface area (Å²) in [5, 5.41) is 26.7. The number of aliphatic hydroxyl groups is 1. The summed E-state index contributed by atoms with van der Waals surface area (Å²) in [6, 6.07) is 12.5. The Hall–Kier alpha value is -2.73. The summed E-state index contributed by atoms with van der Waals surface area (Å²) in [6.45, 7) is 0.619. The lowest BCUT2D eigenvalue weighted by molar-refractivity contribution is 0.107. The van der Waals surface area contributed by atoms with Crippen molar-refractivity contribution in [1.82, 2.24) is 20.6 Å². The van der Waals surface area contributed by atoms with E-state index >= 15 is 0 Å². The van der Waals surface area contributed by atoms with E-state index in [2.05, 4.69) is 44.9 Å². The Morgan fingerprint density at radius 1 is 1.28 bits per heavy atom. The molecule has 2 aliphatic rings. The summed E-state index contributed by atoms with van der Waals surface area (Å²) < 4.78 is 5.34. The van der Waals surface area contributed by atoms with Crippen LogP contribution in [0.3, 0.4) is 0 Å². The molecular weight excluding hydrogens is 368 g/mol. The van der Waals surface area contributed by atoms with Gasteiger partial charge in [-0.05, 0) is 38.3 Å². The van der Waals surface area contributed by atoms with Gasteiger partial charge in [-0.25, -0.2) is 4.98 Å². The summed E-state index contributed by atoms with van der Waals surface area (Å²) in [7, 11) is 3.52. The molecule has 152 valence electrons. The number of hydrogen-bond acceptors (Lipinski definition) is 8. The van der Waals surface area contributed by atoms with Gasteiger partial charge in [0.05, 0.1) is 13.3 Å². The first-order valence-corrected chi connectivity index (χ1v) is 9.83. The number of aliphatic hydroxyl groups excluding tert-OH is 1. The van der Waals surface area contributed by atoms with Crippen LogP contribution in [0.5, 0.6) is 5.88 Å². The number of anilines is 1. The molecule has 1 saturated carbocycles. The van der Waals surface area contributed by atoms with E-state index in [1.54, 1.807) is 6.20 Å². The number of ether oxygens (including phenoxy) is 1. The molecule has 2 aromatic rings. The van der Waals surface area contributed by atoms with Crippen LogP contribution < -0.4 is 20.3 Å². The van der Waals surface area contributed by atoms with Crippen molar-refractivity contribution < 1.29 is 9.84 Å². The van der Waals surface area contributed by atoms with Crippen LogP contribution in [0.1, 0.15) is 37.1 Å². The molecule has 8 heteroatoms. The highest BCUT2D eigenvalue weighted by Gasteiger charge is 2.49. The Morgan fingerprint density at radius 3 is 2.62 bits per heavy atom. The van der Waals surface area contributed by atoms with Crippen molar-refractivity contribution in [1.29, 1.82) is 5.26 Å². The Balaban J connectivity index is 1.55. The van der Waals surface area contributed by atoms with Gasteiger partial charge in [-0.1, -0.05) is 30.3 Å². The number of aromatic nitrogens is 2. The van der Waals surface area contributed by atoms with Crippen LogP contribution in [0.15, 0.2) is 36.5 Å². The van der Waals surface area contributed by atoms with E-state index in [-0.39, 0.29) is 16.9 Å². The average molecular weight is 394 g/mol. The SMILES string of the molecule is CN[C@]1(c2ccccc2)CC[C@]2(CC1)CN(c1cnc(C#N)nc1OC)C(O)N2. The summed E-state index contributed by atoms with van der Waals surface area (Å²) in [5.74, 6) is 0.334. The maximum atomic E-state index is 10.7. The topological polar surface area (TPSA) is 106 Å². The normalized spacial score (nSPS) is 29.0. The minimum absolute atomic E-state index is 0.0429.